The van der Waals surface area contributed by atoms with Crippen LogP contribution in [0.1, 0.15) is 49.7 Å². The van der Waals surface area contributed by atoms with Crippen molar-refractivity contribution in [3.8, 4) is 5.69 Å². The number of rotatable bonds is 11. The lowest BCUT2D eigenvalue weighted by Gasteiger charge is -2.18. The Morgan fingerprint density at radius 3 is 2.62 bits per heavy atom. The second-order valence-electron chi connectivity index (χ2n) is 8.42. The van der Waals surface area contributed by atoms with Gasteiger partial charge in [0.2, 0.25) is 0 Å². The highest BCUT2D eigenvalue weighted by Crippen LogP contribution is 2.37. The van der Waals surface area contributed by atoms with E-state index in [-0.39, 0.29) is 18.5 Å². The second kappa shape index (κ2) is 11.8. The highest BCUT2D eigenvalue weighted by molar-refractivity contribution is 7.99. The van der Waals surface area contributed by atoms with Crippen LogP contribution < -0.4 is 0 Å². The molecule has 0 radical (unpaired) electrons. The number of aliphatic carboxylic acids is 1. The lowest BCUT2D eigenvalue weighted by Crippen LogP contribution is -2.25. The van der Waals surface area contributed by atoms with Crippen molar-refractivity contribution in [2.45, 2.75) is 37.9 Å². The van der Waals surface area contributed by atoms with Crippen LogP contribution in [0.2, 0.25) is 5.02 Å². The average molecular weight is 543 g/mol. The Morgan fingerprint density at radius 1 is 1.19 bits per heavy atom. The number of nitro groups is 1. The molecule has 0 fully saturated rings. The van der Waals surface area contributed by atoms with E-state index in [2.05, 4.69) is 28.9 Å². The SMILES string of the molecule is CCN(CC)CCSc1nnc2n1-c1ccc([N+](=O)[O-])cc1C(c1ccccc1Cl)=N[C@H]2CCC(=O)O. The number of carboxylic acid groups (broad SMARTS) is 1. The summed E-state index contributed by atoms with van der Waals surface area (Å²) in [6.45, 7) is 6.96. The first kappa shape index (κ1) is 26.8. The highest BCUT2D eigenvalue weighted by Gasteiger charge is 2.31. The van der Waals surface area contributed by atoms with Crippen molar-refractivity contribution >= 4 is 40.7 Å². The van der Waals surface area contributed by atoms with Crippen molar-refractivity contribution in [1.29, 1.82) is 0 Å². The standard InChI is InChI=1S/C25H27ClN6O4S/c1-3-30(4-2)13-14-37-25-29-28-24-20(10-12-22(33)34)27-23(17-7-5-6-8-19(17)26)18-15-16(32(35)36)9-11-21(18)31(24)25/h5-9,11,15,20H,3-4,10,12-14H2,1-2H3,(H,33,34)/t20-/m0/s1. The molecule has 0 amide bonds. The van der Waals surface area contributed by atoms with Crippen LogP contribution in [0.25, 0.3) is 5.69 Å². The molecule has 0 saturated heterocycles. The molecule has 0 saturated carbocycles. The Bertz CT molecular complexity index is 1340. The normalized spacial score (nSPS) is 14.6. The van der Waals surface area contributed by atoms with Gasteiger partial charge in [-0.15, -0.1) is 10.2 Å². The van der Waals surface area contributed by atoms with E-state index in [0.29, 0.717) is 38.5 Å². The summed E-state index contributed by atoms with van der Waals surface area (Å²) < 4.78 is 1.85. The lowest BCUT2D eigenvalue weighted by molar-refractivity contribution is -0.384. The number of thioether (sulfide) groups is 1. The summed E-state index contributed by atoms with van der Waals surface area (Å²) in [6, 6.07) is 11.1. The number of nitro benzene ring substituents is 1. The zero-order chi connectivity index (χ0) is 26.5. The molecule has 0 spiro atoms. The third-order valence-corrected chi connectivity index (χ3v) is 7.46. The van der Waals surface area contributed by atoms with Gasteiger partial charge in [-0.2, -0.15) is 0 Å². The fourth-order valence-corrected chi connectivity index (χ4v) is 5.43. The molecule has 1 atom stereocenters. The van der Waals surface area contributed by atoms with Crippen LogP contribution >= 0.6 is 23.4 Å². The zero-order valence-electron chi connectivity index (χ0n) is 20.5. The predicted molar refractivity (Wildman–Crippen MR) is 143 cm³/mol. The Kier molecular flexibility index (Phi) is 8.57. The molecule has 0 unspecified atom stereocenters. The summed E-state index contributed by atoms with van der Waals surface area (Å²) in [4.78, 5) is 29.9. The molecule has 4 rings (SSSR count). The van der Waals surface area contributed by atoms with Crippen molar-refractivity contribution in [2.75, 3.05) is 25.4 Å². The van der Waals surface area contributed by atoms with Gasteiger partial charge in [-0.3, -0.25) is 24.5 Å². The summed E-state index contributed by atoms with van der Waals surface area (Å²) in [5.41, 5.74) is 2.09. The van der Waals surface area contributed by atoms with Gasteiger partial charge in [0.05, 0.1) is 16.3 Å². The molecule has 37 heavy (non-hydrogen) atoms. The Labute approximate surface area is 223 Å². The minimum absolute atomic E-state index is 0.0900. The molecule has 0 aliphatic carbocycles. The van der Waals surface area contributed by atoms with Crippen LogP contribution in [0, 0.1) is 10.1 Å². The van der Waals surface area contributed by atoms with Crippen LogP contribution in [-0.4, -0.2) is 66.8 Å². The molecule has 2 aromatic carbocycles. The minimum Gasteiger partial charge on any atom is -0.481 e. The van der Waals surface area contributed by atoms with E-state index in [4.69, 9.17) is 16.6 Å². The van der Waals surface area contributed by atoms with Gasteiger partial charge < -0.3 is 10.0 Å². The predicted octanol–water partition coefficient (Wildman–Crippen LogP) is 5.02. The average Bonchev–Trinajstić information content (AvgIpc) is 3.24. The molecule has 10 nitrogen and oxygen atoms in total. The van der Waals surface area contributed by atoms with E-state index in [1.807, 2.05) is 10.6 Å². The molecule has 194 valence electrons. The molecular formula is C25H27ClN6O4S. The van der Waals surface area contributed by atoms with E-state index < -0.39 is 16.9 Å². The number of carbonyl (C=O) groups is 1. The number of halogens is 1. The van der Waals surface area contributed by atoms with Crippen LogP contribution in [0.4, 0.5) is 5.69 Å². The monoisotopic (exact) mass is 542 g/mol. The zero-order valence-corrected chi connectivity index (χ0v) is 22.1. The number of aliphatic imine (C=N–C) groups is 1. The van der Waals surface area contributed by atoms with Crippen LogP contribution in [0.15, 0.2) is 52.6 Å². The van der Waals surface area contributed by atoms with Gasteiger partial charge in [0.25, 0.3) is 5.69 Å². The van der Waals surface area contributed by atoms with E-state index in [0.717, 1.165) is 25.4 Å². The quantitative estimate of drug-likeness (QED) is 0.203. The van der Waals surface area contributed by atoms with E-state index in [9.17, 15) is 20.0 Å². The summed E-state index contributed by atoms with van der Waals surface area (Å²) in [7, 11) is 0. The second-order valence-corrected chi connectivity index (χ2v) is 9.89. The molecule has 2 heterocycles. The third-order valence-electron chi connectivity index (χ3n) is 6.22. The first-order valence-corrected chi connectivity index (χ1v) is 13.3. The Hall–Kier alpha value is -3.28. The van der Waals surface area contributed by atoms with E-state index >= 15 is 0 Å². The fourth-order valence-electron chi connectivity index (χ4n) is 4.25. The molecule has 0 bridgehead atoms. The van der Waals surface area contributed by atoms with Crippen LogP contribution in [0.3, 0.4) is 0 Å². The van der Waals surface area contributed by atoms with Gasteiger partial charge in [0.15, 0.2) is 11.0 Å². The van der Waals surface area contributed by atoms with Gasteiger partial charge in [0.1, 0.15) is 6.04 Å². The van der Waals surface area contributed by atoms with E-state index in [1.165, 1.54) is 23.9 Å². The van der Waals surface area contributed by atoms with Gasteiger partial charge >= 0.3 is 5.97 Å². The van der Waals surface area contributed by atoms with Crippen LogP contribution in [-0.2, 0) is 4.79 Å². The number of hydrogen-bond donors (Lipinski definition) is 1. The molecule has 3 aromatic rings. The highest BCUT2D eigenvalue weighted by atomic mass is 35.5. The number of aromatic nitrogens is 3. The van der Waals surface area contributed by atoms with Crippen molar-refractivity contribution in [1.82, 2.24) is 19.7 Å². The van der Waals surface area contributed by atoms with Crippen molar-refractivity contribution in [3.05, 3.63) is 74.6 Å². The maximum Gasteiger partial charge on any atom is 0.303 e. The topological polar surface area (TPSA) is 127 Å². The summed E-state index contributed by atoms with van der Waals surface area (Å²) in [5, 5.41) is 31.0. The van der Waals surface area contributed by atoms with Gasteiger partial charge in [-0.1, -0.05) is 55.4 Å². The first-order valence-electron chi connectivity index (χ1n) is 12.0. The Morgan fingerprint density at radius 2 is 1.95 bits per heavy atom. The Balaban J connectivity index is 1.89. The van der Waals surface area contributed by atoms with Crippen LogP contribution in [0.5, 0.6) is 0 Å². The van der Waals surface area contributed by atoms with Gasteiger partial charge in [-0.05, 0) is 31.6 Å². The largest absolute Gasteiger partial charge is 0.481 e. The fraction of sp³-hybridized carbons (Fsp3) is 0.360. The molecule has 1 aliphatic rings. The number of nitrogens with zero attached hydrogens (tertiary/aromatic N) is 6. The molecular weight excluding hydrogens is 516 g/mol. The van der Waals surface area contributed by atoms with Crippen molar-refractivity contribution in [2.24, 2.45) is 4.99 Å². The third kappa shape index (κ3) is 5.84. The van der Waals surface area contributed by atoms with E-state index in [1.54, 1.807) is 24.3 Å². The number of fused-ring (bicyclic) bond motifs is 3. The maximum absolute atomic E-state index is 11.7. The van der Waals surface area contributed by atoms with Gasteiger partial charge in [0, 0.05) is 47.0 Å². The summed E-state index contributed by atoms with van der Waals surface area (Å²) in [5.74, 6) is 0.302. The summed E-state index contributed by atoms with van der Waals surface area (Å²) >= 11 is 8.08. The number of non-ortho nitro benzene ring substituents is 1. The molecule has 1 aliphatic heterocycles. The number of carboxylic acids is 1. The maximum atomic E-state index is 11.7. The molecule has 12 heteroatoms. The summed E-state index contributed by atoms with van der Waals surface area (Å²) in [6.07, 6.45) is 0.0549. The molecule has 1 N–H and O–H groups in total. The van der Waals surface area contributed by atoms with Crippen molar-refractivity contribution < 1.29 is 14.8 Å². The number of benzene rings is 2. The lowest BCUT2D eigenvalue weighted by atomic mass is 9.99. The molecule has 1 aromatic heterocycles. The number of hydrogen-bond acceptors (Lipinski definition) is 8. The van der Waals surface area contributed by atoms with Crippen molar-refractivity contribution in [3.63, 3.8) is 0 Å². The first-order chi connectivity index (χ1) is 17.8. The minimum atomic E-state index is -0.952. The van der Waals surface area contributed by atoms with Gasteiger partial charge in [-0.25, -0.2) is 0 Å². The smallest absolute Gasteiger partial charge is 0.303 e.